The molecular weight excluding hydrogens is 340 g/mol. The number of aryl methyl sites for hydroxylation is 2. The van der Waals surface area contributed by atoms with Gasteiger partial charge in [0, 0.05) is 11.3 Å². The first-order chi connectivity index (χ1) is 12.4. The fourth-order valence-electron chi connectivity index (χ4n) is 2.62. The molecule has 0 radical (unpaired) electrons. The van der Waals surface area contributed by atoms with Crippen molar-refractivity contribution in [1.82, 2.24) is 9.78 Å². The summed E-state index contributed by atoms with van der Waals surface area (Å²) in [5, 5.41) is 7.27. The van der Waals surface area contributed by atoms with E-state index in [4.69, 9.17) is 0 Å². The molecule has 0 atom stereocenters. The number of alkyl halides is 2. The van der Waals surface area contributed by atoms with E-state index >= 15 is 0 Å². The predicted octanol–water partition coefficient (Wildman–Crippen LogP) is 4.34. The first-order valence-electron chi connectivity index (χ1n) is 7.93. The third kappa shape index (κ3) is 3.88. The zero-order valence-corrected chi connectivity index (χ0v) is 14.2. The number of rotatable bonds is 5. The first kappa shape index (κ1) is 17.6. The molecule has 0 bridgehead atoms. The number of amides is 1. The third-order valence-corrected chi connectivity index (χ3v) is 3.73. The number of ether oxygens (including phenoxy) is 1. The number of carbonyl (C=O) groups excluding carboxylic acids is 1. The second-order valence-corrected chi connectivity index (χ2v) is 5.71. The highest BCUT2D eigenvalue weighted by Gasteiger charge is 2.13. The maximum atomic E-state index is 12.5. The molecule has 1 amide bonds. The molecule has 1 N–H and O–H groups in total. The summed E-state index contributed by atoms with van der Waals surface area (Å²) in [4.78, 5) is 12.5. The number of hydrogen-bond acceptors (Lipinski definition) is 3. The van der Waals surface area contributed by atoms with Crippen LogP contribution in [0, 0.1) is 13.8 Å². The number of nitrogens with one attached hydrogen (secondary N) is 1. The summed E-state index contributed by atoms with van der Waals surface area (Å²) < 4.78 is 30.4. The molecule has 0 spiro atoms. The summed E-state index contributed by atoms with van der Waals surface area (Å²) in [5.41, 5.74) is 3.48. The lowest BCUT2D eigenvalue weighted by atomic mass is 10.2. The van der Waals surface area contributed by atoms with Crippen LogP contribution in [0.15, 0.2) is 54.6 Å². The van der Waals surface area contributed by atoms with Gasteiger partial charge in [-0.25, -0.2) is 4.68 Å². The van der Waals surface area contributed by atoms with Crippen LogP contribution >= 0.6 is 0 Å². The molecule has 7 heteroatoms. The van der Waals surface area contributed by atoms with Crippen LogP contribution in [0.25, 0.3) is 5.69 Å². The van der Waals surface area contributed by atoms with Gasteiger partial charge in [-0.05, 0) is 56.3 Å². The summed E-state index contributed by atoms with van der Waals surface area (Å²) >= 11 is 0. The monoisotopic (exact) mass is 357 g/mol. The number of para-hydroxylation sites is 2. The molecule has 0 aliphatic carbocycles. The van der Waals surface area contributed by atoms with Gasteiger partial charge in [-0.3, -0.25) is 4.79 Å². The minimum atomic E-state index is -2.90. The van der Waals surface area contributed by atoms with Crippen molar-refractivity contribution in [3.63, 3.8) is 0 Å². The van der Waals surface area contributed by atoms with Crippen LogP contribution in [0.3, 0.4) is 0 Å². The van der Waals surface area contributed by atoms with Gasteiger partial charge in [-0.2, -0.15) is 13.9 Å². The van der Waals surface area contributed by atoms with E-state index in [0.29, 0.717) is 11.3 Å². The molecule has 5 nitrogen and oxygen atoms in total. The van der Waals surface area contributed by atoms with Gasteiger partial charge in [0.2, 0.25) is 0 Å². The Labute approximate surface area is 149 Å². The van der Waals surface area contributed by atoms with Crippen LogP contribution in [0.2, 0.25) is 0 Å². The Morgan fingerprint density at radius 2 is 1.81 bits per heavy atom. The molecule has 0 saturated carbocycles. The van der Waals surface area contributed by atoms with E-state index in [0.717, 1.165) is 17.1 Å². The molecule has 0 fully saturated rings. The Hall–Kier alpha value is -3.22. The van der Waals surface area contributed by atoms with E-state index in [-0.39, 0.29) is 11.7 Å². The number of carbonyl (C=O) groups is 1. The van der Waals surface area contributed by atoms with Crippen molar-refractivity contribution in [2.45, 2.75) is 20.5 Å². The second-order valence-electron chi connectivity index (χ2n) is 5.71. The zero-order chi connectivity index (χ0) is 18.7. The lowest BCUT2D eigenvalue weighted by molar-refractivity contribution is -0.0498. The molecule has 0 unspecified atom stereocenters. The Morgan fingerprint density at radius 3 is 2.42 bits per heavy atom. The Balaban J connectivity index is 1.83. The van der Waals surface area contributed by atoms with Crippen molar-refractivity contribution in [1.29, 1.82) is 0 Å². The number of benzene rings is 2. The molecule has 0 aliphatic heterocycles. The van der Waals surface area contributed by atoms with E-state index in [2.05, 4.69) is 15.2 Å². The van der Waals surface area contributed by atoms with Gasteiger partial charge < -0.3 is 10.1 Å². The highest BCUT2D eigenvalue weighted by atomic mass is 19.3. The van der Waals surface area contributed by atoms with Crippen LogP contribution in [-0.2, 0) is 0 Å². The molecule has 1 aromatic heterocycles. The van der Waals surface area contributed by atoms with Gasteiger partial charge in [-0.1, -0.05) is 12.1 Å². The molecule has 0 aliphatic rings. The SMILES string of the molecule is Cc1cc(C)n(-c2ccccc2NC(=O)c2ccc(OC(F)F)cc2)n1. The van der Waals surface area contributed by atoms with Crippen LogP contribution in [-0.4, -0.2) is 22.3 Å². The normalized spacial score (nSPS) is 10.8. The van der Waals surface area contributed by atoms with Gasteiger partial charge in [0.25, 0.3) is 5.91 Å². The van der Waals surface area contributed by atoms with E-state index in [1.165, 1.54) is 24.3 Å². The lowest BCUT2D eigenvalue weighted by Gasteiger charge is -2.12. The van der Waals surface area contributed by atoms with Crippen molar-refractivity contribution < 1.29 is 18.3 Å². The Bertz CT molecular complexity index is 921. The third-order valence-electron chi connectivity index (χ3n) is 3.73. The maximum Gasteiger partial charge on any atom is 0.387 e. The van der Waals surface area contributed by atoms with Crippen molar-refractivity contribution in [2.24, 2.45) is 0 Å². The highest BCUT2D eigenvalue weighted by Crippen LogP contribution is 2.23. The van der Waals surface area contributed by atoms with E-state index in [1.807, 2.05) is 38.1 Å². The average Bonchev–Trinajstić information content (AvgIpc) is 2.93. The summed E-state index contributed by atoms with van der Waals surface area (Å²) in [6.45, 7) is 0.927. The molecular formula is C19H17F2N3O2. The van der Waals surface area contributed by atoms with Crippen LogP contribution < -0.4 is 10.1 Å². The largest absolute Gasteiger partial charge is 0.435 e. The predicted molar refractivity (Wildman–Crippen MR) is 94.1 cm³/mol. The second kappa shape index (κ2) is 7.35. The summed E-state index contributed by atoms with van der Waals surface area (Å²) in [5.74, 6) is -0.359. The van der Waals surface area contributed by atoms with Gasteiger partial charge in [0.05, 0.1) is 17.1 Å². The fraction of sp³-hybridized carbons (Fsp3) is 0.158. The zero-order valence-electron chi connectivity index (χ0n) is 14.2. The maximum absolute atomic E-state index is 12.5. The van der Waals surface area contributed by atoms with Crippen LogP contribution in [0.4, 0.5) is 14.5 Å². The number of halogens is 2. The lowest BCUT2D eigenvalue weighted by Crippen LogP contribution is -2.14. The minimum absolute atomic E-state index is 0.000378. The molecule has 26 heavy (non-hydrogen) atoms. The average molecular weight is 357 g/mol. The summed E-state index contributed by atoms with van der Waals surface area (Å²) in [7, 11) is 0. The molecule has 3 aromatic rings. The van der Waals surface area contributed by atoms with Crippen molar-refractivity contribution >= 4 is 11.6 Å². The van der Waals surface area contributed by atoms with E-state index in [1.54, 1.807) is 10.7 Å². The van der Waals surface area contributed by atoms with Crippen molar-refractivity contribution in [3.8, 4) is 11.4 Å². The van der Waals surface area contributed by atoms with Gasteiger partial charge in [0.15, 0.2) is 0 Å². The summed E-state index contributed by atoms with van der Waals surface area (Å²) in [6.07, 6.45) is 0. The van der Waals surface area contributed by atoms with E-state index in [9.17, 15) is 13.6 Å². The van der Waals surface area contributed by atoms with Gasteiger partial charge in [-0.15, -0.1) is 0 Å². The highest BCUT2D eigenvalue weighted by molar-refractivity contribution is 6.05. The number of anilines is 1. The van der Waals surface area contributed by atoms with Crippen LogP contribution in [0.5, 0.6) is 5.75 Å². The number of aromatic nitrogens is 2. The Morgan fingerprint density at radius 1 is 1.12 bits per heavy atom. The smallest absolute Gasteiger partial charge is 0.387 e. The topological polar surface area (TPSA) is 56.2 Å². The Kier molecular flexibility index (Phi) is 4.97. The number of hydrogen-bond donors (Lipinski definition) is 1. The van der Waals surface area contributed by atoms with Crippen molar-refractivity contribution in [2.75, 3.05) is 5.32 Å². The molecule has 134 valence electrons. The fourth-order valence-corrected chi connectivity index (χ4v) is 2.62. The van der Waals surface area contributed by atoms with Gasteiger partial charge in [0.1, 0.15) is 5.75 Å². The summed E-state index contributed by atoms with van der Waals surface area (Å²) in [6, 6.07) is 14.8. The molecule has 0 saturated heterocycles. The van der Waals surface area contributed by atoms with Crippen LogP contribution in [0.1, 0.15) is 21.7 Å². The molecule has 1 heterocycles. The molecule has 3 rings (SSSR count). The molecule has 2 aromatic carbocycles. The van der Waals surface area contributed by atoms with E-state index < -0.39 is 6.61 Å². The minimum Gasteiger partial charge on any atom is -0.435 e. The van der Waals surface area contributed by atoms with Gasteiger partial charge >= 0.3 is 6.61 Å². The standard InChI is InChI=1S/C19H17F2N3O2/c1-12-11-13(2)24(23-12)17-6-4-3-5-16(17)22-18(25)14-7-9-15(10-8-14)26-19(20)21/h3-11,19H,1-2H3,(H,22,25). The quantitative estimate of drug-likeness (QED) is 0.739. The van der Waals surface area contributed by atoms with Crippen molar-refractivity contribution in [3.05, 3.63) is 71.5 Å². The number of nitrogens with zero attached hydrogens (tertiary/aromatic N) is 2. The first-order valence-corrected chi connectivity index (χ1v) is 7.93.